The average molecular weight is 306 g/mol. The van der Waals surface area contributed by atoms with Gasteiger partial charge in [-0.1, -0.05) is 19.1 Å². The Morgan fingerprint density at radius 3 is 2.90 bits per heavy atom. The quantitative estimate of drug-likeness (QED) is 0.817. The number of amides is 2. The van der Waals surface area contributed by atoms with Gasteiger partial charge in [0.25, 0.3) is 11.1 Å². The van der Waals surface area contributed by atoms with E-state index in [2.05, 4.69) is 0 Å². The summed E-state index contributed by atoms with van der Waals surface area (Å²) in [4.78, 5) is 25.4. The van der Waals surface area contributed by atoms with Crippen molar-refractivity contribution in [3.05, 3.63) is 34.7 Å². The van der Waals surface area contributed by atoms with E-state index in [4.69, 9.17) is 10.5 Å². The Hall–Kier alpha value is -1.79. The lowest BCUT2D eigenvalue weighted by Crippen LogP contribution is -2.33. The van der Waals surface area contributed by atoms with Crippen molar-refractivity contribution in [3.63, 3.8) is 0 Å². The molecule has 2 N–H and O–H groups in total. The number of imide groups is 1. The molecule has 1 aliphatic heterocycles. The van der Waals surface area contributed by atoms with Crippen LogP contribution in [0.4, 0.5) is 4.79 Å². The fraction of sp³-hybridized carbons (Fsp3) is 0.333. The van der Waals surface area contributed by atoms with Crippen LogP contribution in [0.1, 0.15) is 18.9 Å². The van der Waals surface area contributed by atoms with Gasteiger partial charge in [0.15, 0.2) is 0 Å². The summed E-state index contributed by atoms with van der Waals surface area (Å²) in [7, 11) is 0. The van der Waals surface area contributed by atoms with Crippen LogP contribution in [-0.4, -0.2) is 35.7 Å². The van der Waals surface area contributed by atoms with Crippen molar-refractivity contribution in [2.45, 2.75) is 13.3 Å². The number of hydrogen-bond acceptors (Lipinski definition) is 5. The van der Waals surface area contributed by atoms with E-state index in [1.807, 2.05) is 31.2 Å². The largest absolute Gasteiger partial charge is 0.494 e. The van der Waals surface area contributed by atoms with Crippen LogP contribution in [0, 0.1) is 0 Å². The molecular weight excluding hydrogens is 288 g/mol. The lowest BCUT2D eigenvalue weighted by molar-refractivity contribution is -0.122. The summed E-state index contributed by atoms with van der Waals surface area (Å²) >= 11 is 0.942. The highest BCUT2D eigenvalue weighted by atomic mass is 32.2. The first-order valence-corrected chi connectivity index (χ1v) is 7.65. The molecule has 0 unspecified atom stereocenters. The van der Waals surface area contributed by atoms with Gasteiger partial charge < -0.3 is 10.5 Å². The number of rotatable bonds is 6. The van der Waals surface area contributed by atoms with Crippen molar-refractivity contribution in [1.82, 2.24) is 4.90 Å². The van der Waals surface area contributed by atoms with Gasteiger partial charge in [0.2, 0.25) is 0 Å². The number of carbonyl (C=O) groups excluding carboxylic acids is 2. The second kappa shape index (κ2) is 7.28. The van der Waals surface area contributed by atoms with E-state index in [9.17, 15) is 9.59 Å². The summed E-state index contributed by atoms with van der Waals surface area (Å²) in [5.41, 5.74) is 6.24. The van der Waals surface area contributed by atoms with Gasteiger partial charge >= 0.3 is 0 Å². The van der Waals surface area contributed by atoms with Gasteiger partial charge in [0.05, 0.1) is 11.5 Å². The van der Waals surface area contributed by atoms with E-state index in [-0.39, 0.29) is 24.2 Å². The molecule has 0 spiro atoms. The number of nitrogens with two attached hydrogens (primary N) is 1. The number of hydrogen-bond donors (Lipinski definition) is 1. The van der Waals surface area contributed by atoms with Crippen LogP contribution in [0.3, 0.4) is 0 Å². The van der Waals surface area contributed by atoms with E-state index >= 15 is 0 Å². The maximum Gasteiger partial charge on any atom is 0.293 e. The van der Waals surface area contributed by atoms with Crippen molar-refractivity contribution in [1.29, 1.82) is 0 Å². The maximum atomic E-state index is 12.1. The predicted octanol–water partition coefficient (Wildman–Crippen LogP) is 2.47. The van der Waals surface area contributed by atoms with Gasteiger partial charge in [-0.3, -0.25) is 14.5 Å². The van der Waals surface area contributed by atoms with Gasteiger partial charge in [-0.05, 0) is 42.0 Å². The normalized spacial score (nSPS) is 16.9. The van der Waals surface area contributed by atoms with E-state index in [0.717, 1.165) is 29.5 Å². The molecule has 112 valence electrons. The van der Waals surface area contributed by atoms with Crippen molar-refractivity contribution in [2.24, 2.45) is 5.73 Å². The minimum absolute atomic E-state index is 0.252. The Balaban J connectivity index is 2.16. The van der Waals surface area contributed by atoms with Gasteiger partial charge in [-0.15, -0.1) is 0 Å². The molecule has 1 aliphatic rings. The molecule has 2 rings (SSSR count). The Bertz CT molecular complexity index is 572. The summed E-state index contributed by atoms with van der Waals surface area (Å²) < 4.78 is 5.55. The Labute approximate surface area is 128 Å². The first kappa shape index (κ1) is 15.6. The molecule has 1 aromatic rings. The lowest BCUT2D eigenvalue weighted by atomic mass is 10.2. The molecule has 1 saturated heterocycles. The molecule has 0 aliphatic carbocycles. The van der Waals surface area contributed by atoms with Crippen LogP contribution in [0.5, 0.6) is 5.75 Å². The third-order valence-corrected chi connectivity index (χ3v) is 3.76. The number of benzene rings is 1. The van der Waals surface area contributed by atoms with E-state index in [0.29, 0.717) is 11.5 Å². The molecular formula is C15H18N2O3S. The zero-order valence-electron chi connectivity index (χ0n) is 11.9. The zero-order chi connectivity index (χ0) is 15.2. The Morgan fingerprint density at radius 2 is 2.19 bits per heavy atom. The molecule has 1 heterocycles. The highest BCUT2D eigenvalue weighted by Crippen LogP contribution is 2.32. The van der Waals surface area contributed by atoms with Crippen LogP contribution in [-0.2, 0) is 4.79 Å². The van der Waals surface area contributed by atoms with Gasteiger partial charge in [-0.2, -0.15) is 0 Å². The number of thioether (sulfide) groups is 1. The fourth-order valence-electron chi connectivity index (χ4n) is 1.89. The minimum atomic E-state index is -0.282. The Kier molecular flexibility index (Phi) is 5.41. The number of ether oxygens (including phenoxy) is 1. The molecule has 21 heavy (non-hydrogen) atoms. The second-order valence-electron chi connectivity index (χ2n) is 4.54. The van der Waals surface area contributed by atoms with E-state index in [1.165, 1.54) is 4.90 Å². The van der Waals surface area contributed by atoms with Crippen LogP contribution >= 0.6 is 11.8 Å². The summed E-state index contributed by atoms with van der Waals surface area (Å²) in [5.74, 6) is 0.474. The van der Waals surface area contributed by atoms with Crippen molar-refractivity contribution in [2.75, 3.05) is 19.7 Å². The van der Waals surface area contributed by atoms with Crippen molar-refractivity contribution < 1.29 is 14.3 Å². The molecule has 2 amide bonds. The summed E-state index contributed by atoms with van der Waals surface area (Å²) in [6.45, 7) is 3.21. The summed E-state index contributed by atoms with van der Waals surface area (Å²) in [6.07, 6.45) is 2.64. The smallest absolute Gasteiger partial charge is 0.293 e. The van der Waals surface area contributed by atoms with Crippen molar-refractivity contribution >= 4 is 29.0 Å². The summed E-state index contributed by atoms with van der Waals surface area (Å²) in [5, 5.41) is -0.268. The highest BCUT2D eigenvalue weighted by molar-refractivity contribution is 8.18. The molecule has 0 aromatic heterocycles. The first-order valence-electron chi connectivity index (χ1n) is 6.84. The minimum Gasteiger partial charge on any atom is -0.494 e. The average Bonchev–Trinajstić information content (AvgIpc) is 2.73. The standard InChI is InChI=1S/C15H18N2O3S/c1-2-8-20-12-5-3-4-11(9-12)10-13-14(18)17(7-6-16)15(19)21-13/h3-5,9-10H,2,6-8,16H2,1H3. The monoisotopic (exact) mass is 306 g/mol. The van der Waals surface area contributed by atoms with Crippen LogP contribution < -0.4 is 10.5 Å². The number of carbonyl (C=O) groups is 2. The third-order valence-electron chi connectivity index (χ3n) is 2.86. The fourth-order valence-corrected chi connectivity index (χ4v) is 2.75. The van der Waals surface area contributed by atoms with E-state index < -0.39 is 0 Å². The third kappa shape index (κ3) is 3.86. The molecule has 6 heteroatoms. The topological polar surface area (TPSA) is 72.6 Å². The summed E-state index contributed by atoms with van der Waals surface area (Å²) in [6, 6.07) is 7.45. The van der Waals surface area contributed by atoms with Gasteiger partial charge in [0.1, 0.15) is 5.75 Å². The molecule has 0 saturated carbocycles. The first-order chi connectivity index (χ1) is 10.2. The van der Waals surface area contributed by atoms with Crippen molar-refractivity contribution in [3.8, 4) is 5.75 Å². The molecule has 1 aromatic carbocycles. The predicted molar refractivity (Wildman–Crippen MR) is 84.0 cm³/mol. The SMILES string of the molecule is CCCOc1cccc(C=C2SC(=O)N(CCN)C2=O)c1. The maximum absolute atomic E-state index is 12.1. The zero-order valence-corrected chi connectivity index (χ0v) is 12.7. The van der Waals surface area contributed by atoms with Gasteiger partial charge in [0, 0.05) is 13.1 Å². The number of nitrogens with zero attached hydrogens (tertiary/aromatic N) is 1. The molecule has 1 fully saturated rings. The van der Waals surface area contributed by atoms with Gasteiger partial charge in [-0.25, -0.2) is 0 Å². The van der Waals surface area contributed by atoms with Crippen LogP contribution in [0.25, 0.3) is 6.08 Å². The second-order valence-corrected chi connectivity index (χ2v) is 5.54. The highest BCUT2D eigenvalue weighted by Gasteiger charge is 2.34. The molecule has 0 radical (unpaired) electrons. The molecule has 5 nitrogen and oxygen atoms in total. The molecule has 0 bridgehead atoms. The van der Waals surface area contributed by atoms with Crippen LogP contribution in [0.15, 0.2) is 29.2 Å². The lowest BCUT2D eigenvalue weighted by Gasteiger charge is -2.09. The Morgan fingerprint density at radius 1 is 1.38 bits per heavy atom. The van der Waals surface area contributed by atoms with Crippen LogP contribution in [0.2, 0.25) is 0 Å². The molecule has 0 atom stereocenters. The van der Waals surface area contributed by atoms with E-state index in [1.54, 1.807) is 6.08 Å².